The van der Waals surface area contributed by atoms with E-state index in [2.05, 4.69) is 20.2 Å². The molecule has 2 fully saturated rings. The number of Topliss-reactive ketones (excluding diaryl/α,β-unsaturated/α-hetero) is 1. The first-order valence-corrected chi connectivity index (χ1v) is 10.3. The van der Waals surface area contributed by atoms with Gasteiger partial charge in [-0.2, -0.15) is 5.01 Å². The Hall–Kier alpha value is -2.32. The summed E-state index contributed by atoms with van der Waals surface area (Å²) < 4.78 is 5.29. The van der Waals surface area contributed by atoms with Gasteiger partial charge in [-0.15, -0.1) is 0 Å². The van der Waals surface area contributed by atoms with E-state index >= 15 is 0 Å². The van der Waals surface area contributed by atoms with Crippen molar-refractivity contribution in [2.24, 2.45) is 4.99 Å². The predicted molar refractivity (Wildman–Crippen MR) is 108 cm³/mol. The van der Waals surface area contributed by atoms with Crippen LogP contribution in [-0.4, -0.2) is 53.2 Å². The van der Waals surface area contributed by atoms with E-state index in [0.717, 1.165) is 32.2 Å². The molecule has 2 aliphatic rings. The second-order valence-corrected chi connectivity index (χ2v) is 7.83. The Labute approximate surface area is 170 Å². The molecule has 2 aromatic rings. The normalized spacial score (nSPS) is 19.3. The molecule has 2 heterocycles. The van der Waals surface area contributed by atoms with Gasteiger partial charge < -0.3 is 12.6 Å². The average Bonchev–Trinajstić information content (AvgIpc) is 3.41. The molecule has 1 aliphatic heterocycles. The van der Waals surface area contributed by atoms with E-state index in [0.29, 0.717) is 16.5 Å². The minimum absolute atomic E-state index is 0.0511. The molecule has 1 saturated carbocycles. The summed E-state index contributed by atoms with van der Waals surface area (Å²) in [4.78, 5) is 20.8. The van der Waals surface area contributed by atoms with Gasteiger partial charge in [0.1, 0.15) is 0 Å². The van der Waals surface area contributed by atoms with Crippen LogP contribution in [0.1, 0.15) is 42.5 Å². The molecule has 7 nitrogen and oxygen atoms in total. The molecule has 0 amide bonds. The summed E-state index contributed by atoms with van der Waals surface area (Å²) in [5, 5.41) is 6.50. The molecule has 0 radical (unpaired) electrons. The number of carbonyl (C=O) groups excluding carboxylic acids is 1. The summed E-state index contributed by atoms with van der Waals surface area (Å²) in [6, 6.07) is 9.85. The van der Waals surface area contributed by atoms with Crippen LogP contribution in [0.3, 0.4) is 0 Å². The van der Waals surface area contributed by atoms with Gasteiger partial charge in [0.2, 0.25) is 5.27 Å². The Balaban J connectivity index is 1.32. The Bertz CT molecular complexity index is 824. The third-order valence-corrected chi connectivity index (χ3v) is 5.74. The monoisotopic (exact) mass is 399 g/mol. The predicted octanol–water partition coefficient (Wildman–Crippen LogP) is 2.01. The van der Waals surface area contributed by atoms with Crippen molar-refractivity contribution in [3.05, 3.63) is 42.1 Å². The topological polar surface area (TPSA) is 65.8 Å². The third-order valence-electron chi connectivity index (χ3n) is 5.51. The van der Waals surface area contributed by atoms with Crippen LogP contribution >= 0.6 is 0 Å². The highest BCUT2D eigenvalue weighted by Crippen LogP contribution is 2.23. The largest absolute Gasteiger partial charge is 0.764 e. The number of aliphatic imine (C=N–C) groups is 1. The molecular weight excluding hydrogens is 374 g/mol. The Kier molecular flexibility index (Phi) is 5.97. The van der Waals surface area contributed by atoms with Crippen molar-refractivity contribution in [2.75, 3.05) is 31.2 Å². The zero-order chi connectivity index (χ0) is 19.3. The van der Waals surface area contributed by atoms with Crippen LogP contribution in [0.4, 0.5) is 5.88 Å². The summed E-state index contributed by atoms with van der Waals surface area (Å²) >= 11 is 5.25. The lowest BCUT2D eigenvalue weighted by atomic mass is 10.1. The molecule has 1 aromatic heterocycles. The number of hydrogen-bond donors (Lipinski definition) is 0. The SMILES string of the molecule is O=C(CC([S-])=Nc1c[n+](N2CCN(C3CCCC3)CC2)no1)c1ccccc1. The molecule has 0 atom stereocenters. The lowest BCUT2D eigenvalue weighted by Gasteiger charge is -2.34. The number of rotatable bonds is 6. The first-order chi connectivity index (χ1) is 13.7. The van der Waals surface area contributed by atoms with Crippen LogP contribution in [0.5, 0.6) is 0 Å². The number of ketones is 1. The van der Waals surface area contributed by atoms with Crippen LogP contribution in [0.15, 0.2) is 46.0 Å². The summed E-state index contributed by atoms with van der Waals surface area (Å²) in [6.45, 7) is 3.90. The molecule has 28 heavy (non-hydrogen) atoms. The van der Waals surface area contributed by atoms with Gasteiger partial charge in [-0.05, 0) is 12.8 Å². The number of aromatic nitrogens is 2. The zero-order valence-corrected chi connectivity index (χ0v) is 16.7. The number of piperazine rings is 1. The minimum Gasteiger partial charge on any atom is -0.764 e. The molecule has 148 valence electrons. The van der Waals surface area contributed by atoms with Crippen LogP contribution < -0.4 is 9.80 Å². The molecule has 0 spiro atoms. The van der Waals surface area contributed by atoms with Crippen LogP contribution in [-0.2, 0) is 12.6 Å². The van der Waals surface area contributed by atoms with Gasteiger partial charge in [-0.3, -0.25) is 14.2 Å². The van der Waals surface area contributed by atoms with Gasteiger partial charge in [0.25, 0.3) is 6.20 Å². The lowest BCUT2D eigenvalue weighted by Crippen LogP contribution is -2.66. The molecule has 1 aromatic carbocycles. The highest BCUT2D eigenvalue weighted by atomic mass is 32.1. The van der Waals surface area contributed by atoms with Crippen molar-refractivity contribution < 1.29 is 14.1 Å². The van der Waals surface area contributed by atoms with Gasteiger partial charge in [0.05, 0.1) is 17.9 Å². The molecule has 8 heteroatoms. The molecule has 0 N–H and O–H groups in total. The Morgan fingerprint density at radius 1 is 1.18 bits per heavy atom. The molecular formula is C20H25N5O2S. The minimum atomic E-state index is -0.0511. The summed E-state index contributed by atoms with van der Waals surface area (Å²) in [5.74, 6) is 0.272. The van der Waals surface area contributed by atoms with Crippen molar-refractivity contribution in [3.8, 4) is 0 Å². The Morgan fingerprint density at radius 3 is 2.61 bits per heavy atom. The van der Waals surface area contributed by atoms with E-state index < -0.39 is 0 Å². The van der Waals surface area contributed by atoms with E-state index in [1.807, 2.05) is 18.2 Å². The molecule has 1 saturated heterocycles. The zero-order valence-electron chi connectivity index (χ0n) is 15.9. The maximum absolute atomic E-state index is 12.2. The van der Waals surface area contributed by atoms with E-state index in [-0.39, 0.29) is 12.2 Å². The number of nitrogens with zero attached hydrogens (tertiary/aromatic N) is 5. The fourth-order valence-corrected chi connectivity index (χ4v) is 4.21. The summed E-state index contributed by atoms with van der Waals surface area (Å²) in [5.41, 5.74) is 0.632. The fraction of sp³-hybridized carbons (Fsp3) is 0.500. The summed E-state index contributed by atoms with van der Waals surface area (Å²) in [7, 11) is 0. The lowest BCUT2D eigenvalue weighted by molar-refractivity contribution is -0.759. The maximum Gasteiger partial charge on any atom is 0.323 e. The highest BCUT2D eigenvalue weighted by molar-refractivity contribution is 7.77. The van der Waals surface area contributed by atoms with Crippen molar-refractivity contribution in [3.63, 3.8) is 0 Å². The summed E-state index contributed by atoms with van der Waals surface area (Å²) in [6.07, 6.45) is 7.20. The second kappa shape index (κ2) is 8.79. The van der Waals surface area contributed by atoms with Crippen molar-refractivity contribution in [2.45, 2.75) is 38.1 Å². The van der Waals surface area contributed by atoms with Crippen molar-refractivity contribution in [1.29, 1.82) is 0 Å². The first-order valence-electron chi connectivity index (χ1n) is 9.90. The molecule has 0 unspecified atom stereocenters. The smallest absolute Gasteiger partial charge is 0.323 e. The standard InChI is InChI=1S/C20H25N5O2S/c26-18(16-6-2-1-3-7-16)14-20(28)21-19-15-25(22-27-19)24-12-10-23(11-13-24)17-8-4-5-9-17/h1-3,6-7,15,17H,4-5,8-14H2. The van der Waals surface area contributed by atoms with Gasteiger partial charge in [-0.25, -0.2) is 4.99 Å². The highest BCUT2D eigenvalue weighted by Gasteiger charge is 2.30. The van der Waals surface area contributed by atoms with Crippen molar-refractivity contribution >= 4 is 29.3 Å². The second-order valence-electron chi connectivity index (χ2n) is 7.36. The average molecular weight is 400 g/mol. The molecule has 1 aliphatic carbocycles. The Morgan fingerprint density at radius 2 is 1.89 bits per heavy atom. The van der Waals surface area contributed by atoms with E-state index in [9.17, 15) is 4.79 Å². The van der Waals surface area contributed by atoms with E-state index in [4.69, 9.17) is 17.2 Å². The molecule has 0 bridgehead atoms. The fourth-order valence-electron chi connectivity index (χ4n) is 3.99. The number of benzene rings is 1. The quantitative estimate of drug-likeness (QED) is 0.243. The van der Waals surface area contributed by atoms with Crippen LogP contribution in [0.25, 0.3) is 0 Å². The first kappa shape index (κ1) is 19.0. The number of carbonyl (C=O) groups is 1. The van der Waals surface area contributed by atoms with Crippen molar-refractivity contribution in [1.82, 2.24) is 10.2 Å². The molecule has 4 rings (SSSR count). The number of hydrogen-bond acceptors (Lipinski definition) is 7. The van der Waals surface area contributed by atoms with Crippen LogP contribution in [0.2, 0.25) is 0 Å². The van der Waals surface area contributed by atoms with Gasteiger partial charge >= 0.3 is 5.88 Å². The van der Waals surface area contributed by atoms with Crippen LogP contribution in [0, 0.1) is 0 Å². The maximum atomic E-state index is 12.2. The van der Waals surface area contributed by atoms with Gasteiger partial charge in [0.15, 0.2) is 5.78 Å². The third kappa shape index (κ3) is 4.56. The van der Waals surface area contributed by atoms with Gasteiger partial charge in [-0.1, -0.05) is 48.2 Å². The van der Waals surface area contributed by atoms with E-state index in [1.165, 1.54) is 25.7 Å². The van der Waals surface area contributed by atoms with E-state index in [1.54, 1.807) is 23.1 Å². The van der Waals surface area contributed by atoms with Gasteiger partial charge in [0, 0.05) is 31.1 Å².